The molecule has 0 saturated heterocycles. The highest BCUT2D eigenvalue weighted by Crippen LogP contribution is 2.07. The van der Waals surface area contributed by atoms with Crippen molar-refractivity contribution in [2.24, 2.45) is 0 Å². The fraction of sp³-hybridized carbons (Fsp3) is 0.500. The van der Waals surface area contributed by atoms with Crippen LogP contribution in [0.2, 0.25) is 0 Å². The summed E-state index contributed by atoms with van der Waals surface area (Å²) >= 11 is 1.82. The molecule has 2 N–H and O–H groups in total. The van der Waals surface area contributed by atoms with Crippen LogP contribution in [0.4, 0.5) is 5.82 Å². The topological polar surface area (TPSA) is 54.0 Å². The predicted molar refractivity (Wildman–Crippen MR) is 73.7 cm³/mol. The zero-order valence-corrected chi connectivity index (χ0v) is 11.3. The minimum atomic E-state index is -0.0481. The summed E-state index contributed by atoms with van der Waals surface area (Å²) < 4.78 is 0. The van der Waals surface area contributed by atoms with Gasteiger partial charge in [-0.15, -0.1) is 0 Å². The number of carbonyl (C=O) groups is 1. The van der Waals surface area contributed by atoms with Gasteiger partial charge in [-0.3, -0.25) is 4.79 Å². The van der Waals surface area contributed by atoms with Crippen LogP contribution in [-0.2, 0) is 0 Å². The van der Waals surface area contributed by atoms with Gasteiger partial charge in [-0.2, -0.15) is 11.8 Å². The number of nitrogens with one attached hydrogen (secondary N) is 2. The Balaban J connectivity index is 2.56. The molecule has 1 unspecified atom stereocenters. The average molecular weight is 253 g/mol. The van der Waals surface area contributed by atoms with Crippen LogP contribution in [0.3, 0.4) is 0 Å². The van der Waals surface area contributed by atoms with Crippen molar-refractivity contribution in [1.82, 2.24) is 10.3 Å². The van der Waals surface area contributed by atoms with E-state index in [2.05, 4.69) is 22.5 Å². The fourth-order valence-corrected chi connectivity index (χ4v) is 2.02. The SMILES string of the molecule is CCSCC(C)NC(=O)c1ccnc(NC)c1. The lowest BCUT2D eigenvalue weighted by Gasteiger charge is -2.13. The summed E-state index contributed by atoms with van der Waals surface area (Å²) in [7, 11) is 1.78. The predicted octanol–water partition coefficient (Wildman–Crippen LogP) is 1.99. The Bertz CT molecular complexity index is 371. The van der Waals surface area contributed by atoms with E-state index in [0.29, 0.717) is 11.4 Å². The van der Waals surface area contributed by atoms with Crippen molar-refractivity contribution in [3.63, 3.8) is 0 Å². The van der Waals surface area contributed by atoms with Gasteiger partial charge in [0.05, 0.1) is 0 Å². The molecular formula is C12H19N3OS. The van der Waals surface area contributed by atoms with E-state index in [-0.39, 0.29) is 11.9 Å². The summed E-state index contributed by atoms with van der Waals surface area (Å²) in [5, 5.41) is 5.88. The molecule has 0 spiro atoms. The highest BCUT2D eigenvalue weighted by Gasteiger charge is 2.10. The highest BCUT2D eigenvalue weighted by atomic mass is 32.2. The first kappa shape index (κ1) is 13.8. The molecule has 0 aliphatic heterocycles. The summed E-state index contributed by atoms with van der Waals surface area (Å²) in [5.74, 6) is 2.66. The molecular weight excluding hydrogens is 234 g/mol. The summed E-state index contributed by atoms with van der Waals surface area (Å²) in [6.45, 7) is 4.13. The van der Waals surface area contributed by atoms with Crippen molar-refractivity contribution >= 4 is 23.5 Å². The molecule has 0 aliphatic rings. The largest absolute Gasteiger partial charge is 0.373 e. The van der Waals surface area contributed by atoms with E-state index >= 15 is 0 Å². The lowest BCUT2D eigenvalue weighted by molar-refractivity contribution is 0.0943. The highest BCUT2D eigenvalue weighted by molar-refractivity contribution is 7.99. The third-order valence-corrected chi connectivity index (χ3v) is 3.37. The molecule has 0 fully saturated rings. The van der Waals surface area contributed by atoms with Crippen LogP contribution < -0.4 is 10.6 Å². The minimum Gasteiger partial charge on any atom is -0.373 e. The van der Waals surface area contributed by atoms with Crippen LogP contribution in [0.25, 0.3) is 0 Å². The minimum absolute atomic E-state index is 0.0481. The third-order valence-electron chi connectivity index (χ3n) is 2.23. The van der Waals surface area contributed by atoms with E-state index in [1.807, 2.05) is 18.7 Å². The number of aromatic nitrogens is 1. The number of amides is 1. The van der Waals surface area contributed by atoms with Crippen LogP contribution in [0.15, 0.2) is 18.3 Å². The summed E-state index contributed by atoms with van der Waals surface area (Å²) in [5.41, 5.74) is 0.637. The lowest BCUT2D eigenvalue weighted by Crippen LogP contribution is -2.34. The van der Waals surface area contributed by atoms with Crippen LogP contribution >= 0.6 is 11.8 Å². The monoisotopic (exact) mass is 253 g/mol. The van der Waals surface area contributed by atoms with E-state index in [0.717, 1.165) is 11.5 Å². The smallest absolute Gasteiger partial charge is 0.251 e. The van der Waals surface area contributed by atoms with Gasteiger partial charge in [0.2, 0.25) is 0 Å². The molecule has 0 bridgehead atoms. The average Bonchev–Trinajstić information content (AvgIpc) is 2.36. The first-order valence-corrected chi connectivity index (χ1v) is 6.85. The Morgan fingerprint density at radius 1 is 1.59 bits per heavy atom. The summed E-state index contributed by atoms with van der Waals surface area (Å²) in [6, 6.07) is 3.64. The third kappa shape index (κ3) is 4.65. The number of pyridine rings is 1. The molecule has 4 nitrogen and oxygen atoms in total. The zero-order chi connectivity index (χ0) is 12.7. The molecule has 0 radical (unpaired) electrons. The number of rotatable bonds is 6. The molecule has 1 amide bonds. The van der Waals surface area contributed by atoms with Gasteiger partial charge < -0.3 is 10.6 Å². The molecule has 5 heteroatoms. The van der Waals surface area contributed by atoms with Gasteiger partial charge in [-0.05, 0) is 24.8 Å². The number of hydrogen-bond donors (Lipinski definition) is 2. The Labute approximate surface area is 107 Å². The zero-order valence-electron chi connectivity index (χ0n) is 10.5. The van der Waals surface area contributed by atoms with Gasteiger partial charge in [0, 0.05) is 30.6 Å². The Kier molecular flexibility index (Phi) is 5.83. The van der Waals surface area contributed by atoms with Crippen molar-refractivity contribution in [2.75, 3.05) is 23.9 Å². The van der Waals surface area contributed by atoms with Crippen molar-refractivity contribution in [2.45, 2.75) is 19.9 Å². The van der Waals surface area contributed by atoms with Gasteiger partial charge >= 0.3 is 0 Å². The first-order chi connectivity index (χ1) is 8.17. The molecule has 0 aromatic carbocycles. The van der Waals surface area contributed by atoms with Crippen molar-refractivity contribution < 1.29 is 4.79 Å². The number of hydrogen-bond acceptors (Lipinski definition) is 4. The maximum Gasteiger partial charge on any atom is 0.251 e. The second-order valence-corrected chi connectivity index (χ2v) is 5.03. The summed E-state index contributed by atoms with van der Waals surface area (Å²) in [6.07, 6.45) is 1.63. The summed E-state index contributed by atoms with van der Waals surface area (Å²) in [4.78, 5) is 16.0. The van der Waals surface area contributed by atoms with Crippen LogP contribution in [-0.4, -0.2) is 35.5 Å². The fourth-order valence-electron chi connectivity index (χ4n) is 1.35. The second kappa shape index (κ2) is 7.17. The maximum absolute atomic E-state index is 11.9. The molecule has 0 saturated carbocycles. The standard InChI is InChI=1S/C12H19N3OS/c1-4-17-8-9(2)15-12(16)10-5-6-14-11(7-10)13-3/h5-7,9H,4,8H2,1-3H3,(H,13,14)(H,15,16). The Hall–Kier alpha value is -1.23. The molecule has 1 heterocycles. The van der Waals surface area contributed by atoms with E-state index in [9.17, 15) is 4.79 Å². The molecule has 1 aromatic rings. The van der Waals surface area contributed by atoms with Gasteiger partial charge in [0.1, 0.15) is 5.82 Å². The molecule has 1 aromatic heterocycles. The second-order valence-electron chi connectivity index (χ2n) is 3.71. The quantitative estimate of drug-likeness (QED) is 0.814. The first-order valence-electron chi connectivity index (χ1n) is 5.69. The van der Waals surface area contributed by atoms with Crippen molar-refractivity contribution in [3.8, 4) is 0 Å². The Morgan fingerprint density at radius 3 is 3.00 bits per heavy atom. The van der Waals surface area contributed by atoms with Gasteiger partial charge in [0.25, 0.3) is 5.91 Å². The van der Waals surface area contributed by atoms with Crippen molar-refractivity contribution in [1.29, 1.82) is 0 Å². The molecule has 1 atom stereocenters. The van der Waals surface area contributed by atoms with Gasteiger partial charge in [0.15, 0.2) is 0 Å². The van der Waals surface area contributed by atoms with Gasteiger partial charge in [-0.25, -0.2) is 4.98 Å². The molecule has 17 heavy (non-hydrogen) atoms. The Morgan fingerprint density at radius 2 is 2.35 bits per heavy atom. The van der Waals surface area contributed by atoms with E-state index in [1.165, 1.54) is 0 Å². The number of carbonyl (C=O) groups excluding carboxylic acids is 1. The molecule has 0 aliphatic carbocycles. The van der Waals surface area contributed by atoms with Gasteiger partial charge in [-0.1, -0.05) is 6.92 Å². The van der Waals surface area contributed by atoms with E-state index in [4.69, 9.17) is 0 Å². The normalized spacial score (nSPS) is 11.9. The lowest BCUT2D eigenvalue weighted by atomic mass is 10.2. The van der Waals surface area contributed by atoms with Crippen LogP contribution in [0, 0.1) is 0 Å². The number of nitrogens with zero attached hydrogens (tertiary/aromatic N) is 1. The molecule has 94 valence electrons. The van der Waals surface area contributed by atoms with E-state index < -0.39 is 0 Å². The number of anilines is 1. The molecule has 1 rings (SSSR count). The van der Waals surface area contributed by atoms with E-state index in [1.54, 1.807) is 25.4 Å². The van der Waals surface area contributed by atoms with Crippen molar-refractivity contribution in [3.05, 3.63) is 23.9 Å². The van der Waals surface area contributed by atoms with Crippen LogP contribution in [0.5, 0.6) is 0 Å². The number of thioether (sulfide) groups is 1. The maximum atomic E-state index is 11.9. The van der Waals surface area contributed by atoms with Crippen LogP contribution in [0.1, 0.15) is 24.2 Å².